The molecule has 0 saturated carbocycles. The SMILES string of the molecule is CC(=O)CC(O)(O)C(N)=O. The van der Waals surface area contributed by atoms with E-state index in [0.29, 0.717) is 0 Å². The third-order valence-corrected chi connectivity index (χ3v) is 0.890. The first-order valence-electron chi connectivity index (χ1n) is 2.60. The summed E-state index contributed by atoms with van der Waals surface area (Å²) in [6.45, 7) is 1.13. The Morgan fingerprint density at radius 3 is 2.00 bits per heavy atom. The molecule has 0 radical (unpaired) electrons. The molecule has 1 amide bonds. The summed E-state index contributed by atoms with van der Waals surface area (Å²) in [7, 11) is 0. The number of hydrogen-bond donors (Lipinski definition) is 3. The maximum Gasteiger partial charge on any atom is 0.277 e. The fraction of sp³-hybridized carbons (Fsp3) is 0.600. The van der Waals surface area contributed by atoms with Gasteiger partial charge < -0.3 is 15.9 Å². The molecule has 0 rings (SSSR count). The maximum atomic E-state index is 10.2. The van der Waals surface area contributed by atoms with Crippen LogP contribution in [0.1, 0.15) is 13.3 Å². The van der Waals surface area contributed by atoms with Crippen LogP contribution in [0.2, 0.25) is 0 Å². The number of primary amides is 1. The molecule has 58 valence electrons. The van der Waals surface area contributed by atoms with Crippen LogP contribution in [0.15, 0.2) is 0 Å². The topological polar surface area (TPSA) is 101 Å². The van der Waals surface area contributed by atoms with E-state index in [-0.39, 0.29) is 0 Å². The highest BCUT2D eigenvalue weighted by atomic mass is 16.5. The Bertz CT molecular complexity index is 163. The summed E-state index contributed by atoms with van der Waals surface area (Å²) in [5.74, 6) is -4.52. The number of aliphatic hydroxyl groups is 2. The van der Waals surface area contributed by atoms with Crippen LogP contribution in [0.4, 0.5) is 0 Å². The maximum absolute atomic E-state index is 10.2. The normalized spacial score (nSPS) is 11.1. The number of hydrogen-bond acceptors (Lipinski definition) is 4. The zero-order valence-corrected chi connectivity index (χ0v) is 5.50. The van der Waals surface area contributed by atoms with E-state index in [0.717, 1.165) is 6.92 Å². The van der Waals surface area contributed by atoms with Crippen molar-refractivity contribution >= 4 is 11.7 Å². The quantitative estimate of drug-likeness (QED) is 0.407. The van der Waals surface area contributed by atoms with Crippen molar-refractivity contribution in [3.8, 4) is 0 Å². The monoisotopic (exact) mass is 147 g/mol. The van der Waals surface area contributed by atoms with E-state index in [1.807, 2.05) is 0 Å². The van der Waals surface area contributed by atoms with Gasteiger partial charge in [-0.1, -0.05) is 0 Å². The Morgan fingerprint density at radius 1 is 1.50 bits per heavy atom. The molecule has 0 bridgehead atoms. The summed E-state index contributed by atoms with van der Waals surface area (Å²) in [4.78, 5) is 20.4. The van der Waals surface area contributed by atoms with E-state index in [1.54, 1.807) is 0 Å². The molecule has 0 atom stereocenters. The van der Waals surface area contributed by atoms with Crippen molar-refractivity contribution in [2.24, 2.45) is 5.73 Å². The van der Waals surface area contributed by atoms with Crippen LogP contribution in [0, 0.1) is 0 Å². The Morgan fingerprint density at radius 2 is 1.90 bits per heavy atom. The van der Waals surface area contributed by atoms with Gasteiger partial charge in [-0.25, -0.2) is 0 Å². The van der Waals surface area contributed by atoms with Crippen LogP contribution in [-0.4, -0.2) is 27.7 Å². The molecule has 0 aliphatic heterocycles. The van der Waals surface area contributed by atoms with Gasteiger partial charge in [0.1, 0.15) is 5.78 Å². The van der Waals surface area contributed by atoms with E-state index >= 15 is 0 Å². The summed E-state index contributed by atoms with van der Waals surface area (Å²) in [6.07, 6.45) is -0.664. The third kappa shape index (κ3) is 2.56. The largest absolute Gasteiger partial charge is 0.365 e. The van der Waals surface area contributed by atoms with Crippen LogP contribution in [0.25, 0.3) is 0 Å². The molecule has 0 spiro atoms. The number of ketones is 1. The lowest BCUT2D eigenvalue weighted by Gasteiger charge is -2.14. The predicted molar refractivity (Wildman–Crippen MR) is 31.7 cm³/mol. The Balaban J connectivity index is 4.13. The first-order chi connectivity index (χ1) is 4.36. The van der Waals surface area contributed by atoms with Crippen molar-refractivity contribution < 1.29 is 19.8 Å². The van der Waals surface area contributed by atoms with E-state index in [9.17, 15) is 9.59 Å². The van der Waals surface area contributed by atoms with Gasteiger partial charge in [0.25, 0.3) is 11.7 Å². The summed E-state index contributed by atoms with van der Waals surface area (Å²) >= 11 is 0. The minimum atomic E-state index is -2.69. The summed E-state index contributed by atoms with van der Waals surface area (Å²) in [5.41, 5.74) is 4.53. The molecule has 0 aromatic rings. The number of nitrogens with two attached hydrogens (primary N) is 1. The van der Waals surface area contributed by atoms with Crippen molar-refractivity contribution in [2.45, 2.75) is 19.1 Å². The molecule has 0 saturated heterocycles. The molecule has 0 fully saturated rings. The van der Waals surface area contributed by atoms with Crippen molar-refractivity contribution in [3.05, 3.63) is 0 Å². The molecule has 0 unspecified atom stereocenters. The van der Waals surface area contributed by atoms with Gasteiger partial charge >= 0.3 is 0 Å². The van der Waals surface area contributed by atoms with Crippen LogP contribution in [-0.2, 0) is 9.59 Å². The molecule has 4 N–H and O–H groups in total. The van der Waals surface area contributed by atoms with Gasteiger partial charge in [0.15, 0.2) is 0 Å². The number of amides is 1. The van der Waals surface area contributed by atoms with E-state index in [4.69, 9.17) is 10.2 Å². The zero-order valence-electron chi connectivity index (χ0n) is 5.50. The van der Waals surface area contributed by atoms with Crippen LogP contribution in [0.5, 0.6) is 0 Å². The average Bonchev–Trinajstić information content (AvgIpc) is 1.60. The van der Waals surface area contributed by atoms with Gasteiger partial charge in [-0.2, -0.15) is 0 Å². The lowest BCUT2D eigenvalue weighted by Crippen LogP contribution is -2.44. The molecule has 5 heteroatoms. The van der Waals surface area contributed by atoms with Gasteiger partial charge in [0, 0.05) is 0 Å². The third-order valence-electron chi connectivity index (χ3n) is 0.890. The Labute approximate surface area is 57.5 Å². The lowest BCUT2D eigenvalue weighted by atomic mass is 10.1. The number of carbonyl (C=O) groups excluding carboxylic acids is 2. The second kappa shape index (κ2) is 2.76. The standard InChI is InChI=1S/C5H9NO4/c1-3(7)2-5(9,10)4(6)8/h9-10H,2H2,1H3,(H2,6,8). The number of carbonyl (C=O) groups is 2. The minimum absolute atomic E-state index is 0.510. The molecule has 0 aliphatic rings. The highest BCUT2D eigenvalue weighted by Gasteiger charge is 2.31. The summed E-state index contributed by atoms with van der Waals surface area (Å²) in [5, 5.41) is 17.2. The van der Waals surface area contributed by atoms with Crippen molar-refractivity contribution in [1.82, 2.24) is 0 Å². The smallest absolute Gasteiger partial charge is 0.277 e. The molecule has 10 heavy (non-hydrogen) atoms. The van der Waals surface area contributed by atoms with Crippen molar-refractivity contribution in [2.75, 3.05) is 0 Å². The summed E-state index contributed by atoms with van der Waals surface area (Å²) < 4.78 is 0. The average molecular weight is 147 g/mol. The molecular formula is C5H9NO4. The highest BCUT2D eigenvalue weighted by Crippen LogP contribution is 2.04. The first-order valence-corrected chi connectivity index (χ1v) is 2.60. The summed E-state index contributed by atoms with van der Waals surface area (Å²) in [6, 6.07) is 0. The van der Waals surface area contributed by atoms with Gasteiger partial charge in [-0.05, 0) is 6.92 Å². The zero-order chi connectivity index (χ0) is 8.36. The minimum Gasteiger partial charge on any atom is -0.365 e. The fourth-order valence-electron chi connectivity index (χ4n) is 0.434. The lowest BCUT2D eigenvalue weighted by molar-refractivity contribution is -0.185. The van der Waals surface area contributed by atoms with E-state index < -0.39 is 23.9 Å². The van der Waals surface area contributed by atoms with Crippen LogP contribution >= 0.6 is 0 Å². The highest BCUT2D eigenvalue weighted by molar-refractivity contribution is 5.88. The second-order valence-corrected chi connectivity index (χ2v) is 2.06. The van der Waals surface area contributed by atoms with E-state index in [2.05, 4.69) is 5.73 Å². The van der Waals surface area contributed by atoms with E-state index in [1.165, 1.54) is 0 Å². The van der Waals surface area contributed by atoms with Gasteiger partial charge in [0.05, 0.1) is 6.42 Å². The van der Waals surface area contributed by atoms with Crippen LogP contribution in [0.3, 0.4) is 0 Å². The molecule has 0 heterocycles. The molecule has 0 aromatic heterocycles. The van der Waals surface area contributed by atoms with Crippen molar-refractivity contribution in [1.29, 1.82) is 0 Å². The first kappa shape index (κ1) is 9.06. The Kier molecular flexibility index (Phi) is 2.50. The van der Waals surface area contributed by atoms with Gasteiger partial charge in [-0.15, -0.1) is 0 Å². The Hall–Kier alpha value is -0.940. The van der Waals surface area contributed by atoms with Crippen LogP contribution < -0.4 is 5.73 Å². The molecule has 5 nitrogen and oxygen atoms in total. The molecule has 0 aromatic carbocycles. The second-order valence-electron chi connectivity index (χ2n) is 2.06. The fourth-order valence-corrected chi connectivity index (χ4v) is 0.434. The van der Waals surface area contributed by atoms with Crippen molar-refractivity contribution in [3.63, 3.8) is 0 Å². The predicted octanol–water partition coefficient (Wildman–Crippen LogP) is -1.87. The van der Waals surface area contributed by atoms with Gasteiger partial charge in [-0.3, -0.25) is 9.59 Å². The number of Topliss-reactive ketones (excluding diaryl/α,β-unsaturated/α-hetero) is 1. The van der Waals surface area contributed by atoms with Gasteiger partial charge in [0.2, 0.25) is 0 Å². The number of rotatable bonds is 3. The molecule has 0 aliphatic carbocycles. The molecular weight excluding hydrogens is 138 g/mol.